The molecule has 110 valence electrons. The minimum absolute atomic E-state index is 0.255. The molecular formula is C14H7ClF4O2. The van der Waals surface area contributed by atoms with Gasteiger partial charge in [-0.05, 0) is 41.5 Å². The van der Waals surface area contributed by atoms with Crippen LogP contribution in [-0.2, 0) is 0 Å². The molecule has 0 saturated heterocycles. The molecular weight excluding hydrogens is 312 g/mol. The Kier molecular flexibility index (Phi) is 4.18. The van der Waals surface area contributed by atoms with Gasteiger partial charge in [-0.3, -0.25) is 4.79 Å². The minimum atomic E-state index is -4.97. The molecule has 0 aliphatic carbocycles. The van der Waals surface area contributed by atoms with Gasteiger partial charge in [0.15, 0.2) is 11.6 Å². The van der Waals surface area contributed by atoms with E-state index in [9.17, 15) is 22.4 Å². The fourth-order valence-electron chi connectivity index (χ4n) is 1.73. The molecule has 0 amide bonds. The largest absolute Gasteiger partial charge is 0.573 e. The van der Waals surface area contributed by atoms with Gasteiger partial charge in [0.2, 0.25) is 0 Å². The van der Waals surface area contributed by atoms with Crippen molar-refractivity contribution in [3.63, 3.8) is 0 Å². The van der Waals surface area contributed by atoms with Crippen molar-refractivity contribution in [2.45, 2.75) is 6.36 Å². The normalized spacial score (nSPS) is 11.3. The topological polar surface area (TPSA) is 26.3 Å². The van der Waals surface area contributed by atoms with E-state index in [1.165, 1.54) is 24.3 Å². The summed E-state index contributed by atoms with van der Waals surface area (Å²) in [5, 5.41) is 0.255. The Balaban J connectivity index is 2.40. The first-order valence-corrected chi connectivity index (χ1v) is 5.98. The molecule has 21 heavy (non-hydrogen) atoms. The smallest absolute Gasteiger partial charge is 0.403 e. The van der Waals surface area contributed by atoms with E-state index in [0.29, 0.717) is 11.8 Å². The lowest BCUT2D eigenvalue weighted by Crippen LogP contribution is -2.17. The molecule has 7 heteroatoms. The van der Waals surface area contributed by atoms with Crippen LogP contribution in [0.4, 0.5) is 17.6 Å². The number of hydrogen-bond donors (Lipinski definition) is 0. The van der Waals surface area contributed by atoms with E-state index in [0.717, 1.165) is 12.1 Å². The summed E-state index contributed by atoms with van der Waals surface area (Å²) in [5.74, 6) is -2.10. The van der Waals surface area contributed by atoms with Crippen LogP contribution in [0.25, 0.3) is 11.1 Å². The monoisotopic (exact) mass is 318 g/mol. The molecule has 0 radical (unpaired) electrons. The number of halogens is 5. The van der Waals surface area contributed by atoms with Gasteiger partial charge in [-0.2, -0.15) is 0 Å². The first-order valence-electron chi connectivity index (χ1n) is 5.60. The summed E-state index contributed by atoms with van der Waals surface area (Å²) in [4.78, 5) is 10.7. The van der Waals surface area contributed by atoms with E-state index < -0.39 is 17.9 Å². The van der Waals surface area contributed by atoms with E-state index in [1.54, 1.807) is 0 Å². The molecule has 2 nitrogen and oxygen atoms in total. The Morgan fingerprint density at radius 3 is 2.33 bits per heavy atom. The van der Waals surface area contributed by atoms with Crippen LogP contribution in [0, 0.1) is 5.82 Å². The third-order valence-corrected chi connectivity index (χ3v) is 2.77. The molecule has 0 atom stereocenters. The summed E-state index contributed by atoms with van der Waals surface area (Å²) >= 11 is 5.81. The first kappa shape index (κ1) is 15.3. The average Bonchev–Trinajstić information content (AvgIpc) is 2.39. The fraction of sp³-hybridized carbons (Fsp3) is 0.0714. The van der Waals surface area contributed by atoms with Gasteiger partial charge in [0.25, 0.3) is 0 Å². The third-order valence-electron chi connectivity index (χ3n) is 2.55. The number of alkyl halides is 3. The van der Waals surface area contributed by atoms with E-state index in [2.05, 4.69) is 4.74 Å². The summed E-state index contributed by atoms with van der Waals surface area (Å²) in [7, 11) is 0. The summed E-state index contributed by atoms with van der Waals surface area (Å²) in [6.45, 7) is 0. The molecule has 2 aromatic carbocycles. The van der Waals surface area contributed by atoms with Gasteiger partial charge in [0.05, 0.1) is 0 Å². The molecule has 2 rings (SSSR count). The van der Waals surface area contributed by atoms with Crippen LogP contribution in [0.15, 0.2) is 36.4 Å². The molecule has 0 fully saturated rings. The zero-order chi connectivity index (χ0) is 15.6. The molecule has 0 unspecified atom stereocenters. The number of hydrogen-bond acceptors (Lipinski definition) is 2. The summed E-state index contributed by atoms with van der Waals surface area (Å²) in [6.07, 6.45) is -4.41. The SMILES string of the molecule is O=Cc1cc(Cl)cc(-c2ccc(OC(F)(F)F)c(F)c2)c1. The molecule has 0 aromatic heterocycles. The minimum Gasteiger partial charge on any atom is -0.403 e. The quantitative estimate of drug-likeness (QED) is 0.597. The van der Waals surface area contributed by atoms with E-state index in [4.69, 9.17) is 11.6 Å². The fourth-order valence-corrected chi connectivity index (χ4v) is 1.98. The van der Waals surface area contributed by atoms with Gasteiger partial charge >= 0.3 is 6.36 Å². The second-order valence-electron chi connectivity index (χ2n) is 4.08. The van der Waals surface area contributed by atoms with E-state index in [1.807, 2.05) is 0 Å². The van der Waals surface area contributed by atoms with Gasteiger partial charge in [-0.25, -0.2) is 4.39 Å². The maximum absolute atomic E-state index is 13.6. The van der Waals surface area contributed by atoms with Gasteiger partial charge < -0.3 is 4.74 Å². The van der Waals surface area contributed by atoms with Crippen LogP contribution in [0.1, 0.15) is 10.4 Å². The molecule has 0 bridgehead atoms. The summed E-state index contributed by atoms with van der Waals surface area (Å²) in [6, 6.07) is 7.30. The van der Waals surface area contributed by atoms with Crippen LogP contribution < -0.4 is 4.74 Å². The third kappa shape index (κ3) is 3.95. The Morgan fingerprint density at radius 2 is 1.76 bits per heavy atom. The maximum Gasteiger partial charge on any atom is 0.573 e. The molecule has 0 saturated carbocycles. The van der Waals surface area contributed by atoms with Gasteiger partial charge in [-0.1, -0.05) is 17.7 Å². The number of carbonyl (C=O) groups is 1. The molecule has 0 aliphatic heterocycles. The van der Waals surface area contributed by atoms with Crippen molar-refractivity contribution in [3.8, 4) is 16.9 Å². The predicted molar refractivity (Wildman–Crippen MR) is 68.9 cm³/mol. The second kappa shape index (κ2) is 5.73. The van der Waals surface area contributed by atoms with Crippen molar-refractivity contribution < 1.29 is 27.1 Å². The first-order chi connectivity index (χ1) is 9.78. The van der Waals surface area contributed by atoms with Crippen molar-refractivity contribution in [2.24, 2.45) is 0 Å². The lowest BCUT2D eigenvalue weighted by Gasteiger charge is -2.11. The van der Waals surface area contributed by atoms with Crippen LogP contribution in [0.3, 0.4) is 0 Å². The number of rotatable bonds is 3. The lowest BCUT2D eigenvalue weighted by atomic mass is 10.0. The van der Waals surface area contributed by atoms with Gasteiger partial charge in [0, 0.05) is 10.6 Å². The highest BCUT2D eigenvalue weighted by Crippen LogP contribution is 2.31. The molecule has 0 aliphatic rings. The van der Waals surface area contributed by atoms with Crippen LogP contribution in [0.2, 0.25) is 5.02 Å². The van der Waals surface area contributed by atoms with Crippen molar-refractivity contribution in [2.75, 3.05) is 0 Å². The van der Waals surface area contributed by atoms with Crippen molar-refractivity contribution in [3.05, 3.63) is 52.8 Å². The number of aldehydes is 1. The van der Waals surface area contributed by atoms with Crippen LogP contribution in [0.5, 0.6) is 5.75 Å². The van der Waals surface area contributed by atoms with Crippen molar-refractivity contribution in [1.29, 1.82) is 0 Å². The van der Waals surface area contributed by atoms with Gasteiger partial charge in [0.1, 0.15) is 6.29 Å². The van der Waals surface area contributed by atoms with Crippen LogP contribution >= 0.6 is 11.6 Å². The number of carbonyl (C=O) groups excluding carboxylic acids is 1. The highest BCUT2D eigenvalue weighted by Gasteiger charge is 2.32. The number of ether oxygens (including phenoxy) is 1. The van der Waals surface area contributed by atoms with Crippen molar-refractivity contribution >= 4 is 17.9 Å². The zero-order valence-corrected chi connectivity index (χ0v) is 11.0. The predicted octanol–water partition coefficient (Wildman–Crippen LogP) is 4.86. The van der Waals surface area contributed by atoms with E-state index in [-0.39, 0.29) is 16.1 Å². The van der Waals surface area contributed by atoms with E-state index >= 15 is 0 Å². The van der Waals surface area contributed by atoms with Crippen LogP contribution in [-0.4, -0.2) is 12.6 Å². The maximum atomic E-state index is 13.6. The lowest BCUT2D eigenvalue weighted by molar-refractivity contribution is -0.275. The highest BCUT2D eigenvalue weighted by atomic mass is 35.5. The Bertz CT molecular complexity index is 683. The zero-order valence-electron chi connectivity index (χ0n) is 10.2. The Morgan fingerprint density at radius 1 is 1.05 bits per heavy atom. The molecule has 0 heterocycles. The Labute approximate surface area is 121 Å². The average molecular weight is 319 g/mol. The molecule has 0 spiro atoms. The van der Waals surface area contributed by atoms with Crippen molar-refractivity contribution in [1.82, 2.24) is 0 Å². The second-order valence-corrected chi connectivity index (χ2v) is 4.52. The number of benzene rings is 2. The molecule has 0 N–H and O–H groups in total. The highest BCUT2D eigenvalue weighted by molar-refractivity contribution is 6.31. The molecule has 2 aromatic rings. The summed E-state index contributed by atoms with van der Waals surface area (Å²) < 4.78 is 53.3. The standard InChI is InChI=1S/C14H7ClF4O2/c15-11-4-8(7-20)3-10(5-11)9-1-2-13(12(16)6-9)21-14(17,18)19/h1-7H. The van der Waals surface area contributed by atoms with Gasteiger partial charge in [-0.15, -0.1) is 13.2 Å². The summed E-state index contributed by atoms with van der Waals surface area (Å²) in [5.41, 5.74) is 0.947. The Hall–Kier alpha value is -2.08.